The van der Waals surface area contributed by atoms with Crippen molar-refractivity contribution in [1.82, 2.24) is 5.32 Å². The van der Waals surface area contributed by atoms with E-state index in [0.717, 1.165) is 23.2 Å². The van der Waals surface area contributed by atoms with Crippen LogP contribution in [-0.2, 0) is 14.3 Å². The van der Waals surface area contributed by atoms with Crippen molar-refractivity contribution in [1.29, 1.82) is 0 Å². The summed E-state index contributed by atoms with van der Waals surface area (Å²) >= 11 is 0. The van der Waals surface area contributed by atoms with Crippen LogP contribution in [0.4, 0.5) is 0 Å². The largest absolute Gasteiger partial charge is 0.493 e. The topological polar surface area (TPSA) is 73.9 Å². The molecule has 0 amide bonds. The summed E-state index contributed by atoms with van der Waals surface area (Å²) in [5, 5.41) is 3.40. The van der Waals surface area contributed by atoms with Crippen molar-refractivity contribution >= 4 is 11.8 Å². The number of hydrogen-bond donors (Lipinski definition) is 1. The van der Waals surface area contributed by atoms with Crippen LogP contribution >= 0.6 is 0 Å². The van der Waals surface area contributed by atoms with Crippen LogP contribution in [-0.4, -0.2) is 31.6 Å². The van der Waals surface area contributed by atoms with Gasteiger partial charge in [-0.1, -0.05) is 43.3 Å². The van der Waals surface area contributed by atoms with Crippen LogP contribution in [0.25, 0.3) is 0 Å². The Morgan fingerprint density at radius 3 is 2.47 bits per heavy atom. The Morgan fingerprint density at radius 2 is 1.81 bits per heavy atom. The van der Waals surface area contributed by atoms with E-state index in [1.807, 2.05) is 64.1 Å². The van der Waals surface area contributed by atoms with Gasteiger partial charge in [0.2, 0.25) is 0 Å². The average Bonchev–Trinajstić information content (AvgIpc) is 2.86. The number of methoxy groups -OCH3 is 1. The van der Waals surface area contributed by atoms with E-state index >= 15 is 0 Å². The van der Waals surface area contributed by atoms with Crippen molar-refractivity contribution < 1.29 is 23.8 Å². The molecule has 0 spiro atoms. The van der Waals surface area contributed by atoms with E-state index in [4.69, 9.17) is 14.2 Å². The molecule has 2 aliphatic rings. The lowest BCUT2D eigenvalue weighted by molar-refractivity contribution is -0.143. The summed E-state index contributed by atoms with van der Waals surface area (Å²) in [6.07, 6.45) is 1.68. The zero-order chi connectivity index (χ0) is 25.8. The molecule has 0 aromatic heterocycles. The fourth-order valence-electron chi connectivity index (χ4n) is 5.08. The van der Waals surface area contributed by atoms with Gasteiger partial charge in [-0.15, -0.1) is 0 Å². The van der Waals surface area contributed by atoms with E-state index in [0.29, 0.717) is 47.8 Å². The van der Waals surface area contributed by atoms with Gasteiger partial charge in [-0.3, -0.25) is 4.79 Å². The number of dihydropyridines is 1. The van der Waals surface area contributed by atoms with Gasteiger partial charge in [-0.05, 0) is 62.8 Å². The predicted octanol–water partition coefficient (Wildman–Crippen LogP) is 5.80. The van der Waals surface area contributed by atoms with Gasteiger partial charge in [-0.25, -0.2) is 4.79 Å². The molecule has 1 aliphatic carbocycles. The fourth-order valence-corrected chi connectivity index (χ4v) is 5.08. The molecule has 2 unspecified atom stereocenters. The third-order valence-corrected chi connectivity index (χ3v) is 6.64. The monoisotopic (exact) mass is 489 g/mol. The molecule has 2 aromatic rings. The van der Waals surface area contributed by atoms with E-state index in [1.165, 1.54) is 0 Å². The second-order valence-corrected chi connectivity index (χ2v) is 9.64. The molecule has 6 nitrogen and oxygen atoms in total. The molecule has 1 aliphatic heterocycles. The molecular weight excluding hydrogens is 454 g/mol. The van der Waals surface area contributed by atoms with E-state index in [-0.39, 0.29) is 17.8 Å². The number of Topliss-reactive ketones (excluding diaryl/α,β-unsaturated/α-hetero) is 1. The van der Waals surface area contributed by atoms with Gasteiger partial charge in [0.15, 0.2) is 17.3 Å². The molecule has 1 N–H and O–H groups in total. The van der Waals surface area contributed by atoms with E-state index in [1.54, 1.807) is 7.11 Å². The Labute approximate surface area is 213 Å². The first-order valence-corrected chi connectivity index (χ1v) is 12.6. The summed E-state index contributed by atoms with van der Waals surface area (Å²) < 4.78 is 17.1. The van der Waals surface area contributed by atoms with Crippen LogP contribution < -0.4 is 14.8 Å². The molecule has 0 fully saturated rings. The maximum absolute atomic E-state index is 13.7. The second-order valence-electron chi connectivity index (χ2n) is 9.64. The molecule has 2 atom stereocenters. The Balaban J connectivity index is 1.81. The number of rotatable bonds is 8. The summed E-state index contributed by atoms with van der Waals surface area (Å²) in [5.41, 5.74) is 4.60. The summed E-state index contributed by atoms with van der Waals surface area (Å²) in [6.45, 7) is 8.14. The number of nitrogens with one attached hydrogen (secondary N) is 1. The highest BCUT2D eigenvalue weighted by Crippen LogP contribution is 2.47. The lowest BCUT2D eigenvalue weighted by Crippen LogP contribution is -2.36. The Bertz CT molecular complexity index is 1200. The van der Waals surface area contributed by atoms with Crippen LogP contribution in [0.15, 0.2) is 71.1 Å². The van der Waals surface area contributed by atoms with Crippen molar-refractivity contribution in [3.05, 3.63) is 82.2 Å². The van der Waals surface area contributed by atoms with Crippen molar-refractivity contribution in [2.75, 3.05) is 13.7 Å². The highest BCUT2D eigenvalue weighted by atomic mass is 16.5. The number of ether oxygens (including phenoxy) is 3. The van der Waals surface area contributed by atoms with Gasteiger partial charge < -0.3 is 19.5 Å². The third-order valence-electron chi connectivity index (χ3n) is 6.64. The lowest BCUT2D eigenvalue weighted by Gasteiger charge is -2.37. The van der Waals surface area contributed by atoms with E-state index in [9.17, 15) is 9.59 Å². The number of ketones is 1. The van der Waals surface area contributed by atoms with Crippen LogP contribution in [0.1, 0.15) is 69.9 Å². The summed E-state index contributed by atoms with van der Waals surface area (Å²) in [4.78, 5) is 27.0. The molecule has 2 aromatic carbocycles. The first-order valence-electron chi connectivity index (χ1n) is 12.6. The molecule has 0 bridgehead atoms. The molecular formula is C30H35NO5. The van der Waals surface area contributed by atoms with Crippen LogP contribution in [0, 0.1) is 0 Å². The minimum atomic E-state index is -0.550. The number of benzene rings is 2. The molecule has 190 valence electrons. The van der Waals surface area contributed by atoms with Gasteiger partial charge in [-0.2, -0.15) is 0 Å². The summed E-state index contributed by atoms with van der Waals surface area (Å²) in [6, 6.07) is 15.8. The van der Waals surface area contributed by atoms with Crippen molar-refractivity contribution in [2.24, 2.45) is 0 Å². The van der Waals surface area contributed by atoms with Crippen molar-refractivity contribution in [3.8, 4) is 11.5 Å². The lowest BCUT2D eigenvalue weighted by atomic mass is 9.71. The molecule has 0 saturated heterocycles. The smallest absolute Gasteiger partial charge is 0.337 e. The van der Waals surface area contributed by atoms with E-state index < -0.39 is 11.9 Å². The highest BCUT2D eigenvalue weighted by Gasteiger charge is 2.41. The standard InChI is InChI=1S/C30H35NO5/c1-6-14-35-25-13-12-21(17-26(25)34-5)28-27(30(33)36-18(2)3)19(4)31-23-15-22(16-24(32)29(23)28)20-10-8-7-9-11-20/h7-13,17-18,22,28,31H,6,14-16H2,1-5H3. The number of hydrogen-bond acceptors (Lipinski definition) is 6. The van der Waals surface area contributed by atoms with Crippen molar-refractivity contribution in [3.63, 3.8) is 0 Å². The maximum Gasteiger partial charge on any atom is 0.337 e. The second kappa shape index (κ2) is 11.0. The number of carbonyl (C=O) groups is 2. The van der Waals surface area contributed by atoms with E-state index in [2.05, 4.69) is 17.4 Å². The maximum atomic E-state index is 13.7. The van der Waals surface area contributed by atoms with Gasteiger partial charge in [0.25, 0.3) is 0 Å². The minimum Gasteiger partial charge on any atom is -0.493 e. The van der Waals surface area contributed by atoms with Crippen LogP contribution in [0.3, 0.4) is 0 Å². The van der Waals surface area contributed by atoms with Gasteiger partial charge in [0.1, 0.15) is 0 Å². The van der Waals surface area contributed by atoms with Crippen molar-refractivity contribution in [2.45, 2.75) is 64.9 Å². The quantitative estimate of drug-likeness (QED) is 0.473. The Morgan fingerprint density at radius 1 is 1.06 bits per heavy atom. The zero-order valence-electron chi connectivity index (χ0n) is 21.7. The SMILES string of the molecule is CCCOc1ccc(C2C(C(=O)OC(C)C)=C(C)NC3=C2C(=O)CC(c2ccccc2)C3)cc1OC. The third kappa shape index (κ3) is 5.18. The average molecular weight is 490 g/mol. The van der Waals surface area contributed by atoms with Crippen LogP contribution in [0.5, 0.6) is 11.5 Å². The summed E-state index contributed by atoms with van der Waals surface area (Å²) in [7, 11) is 1.59. The minimum absolute atomic E-state index is 0.0372. The van der Waals surface area contributed by atoms with Crippen LogP contribution in [0.2, 0.25) is 0 Å². The Hall–Kier alpha value is -3.54. The normalized spacial score (nSPS) is 19.7. The fraction of sp³-hybridized carbons (Fsp3) is 0.400. The molecule has 4 rings (SSSR count). The predicted molar refractivity (Wildman–Crippen MR) is 139 cm³/mol. The van der Waals surface area contributed by atoms with Gasteiger partial charge in [0, 0.05) is 29.3 Å². The van der Waals surface area contributed by atoms with Gasteiger partial charge in [0.05, 0.1) is 25.4 Å². The number of allylic oxidation sites excluding steroid dienone is 3. The van der Waals surface area contributed by atoms with Gasteiger partial charge >= 0.3 is 5.97 Å². The number of carbonyl (C=O) groups excluding carboxylic acids is 2. The molecule has 36 heavy (non-hydrogen) atoms. The number of esters is 1. The molecule has 0 radical (unpaired) electrons. The highest BCUT2D eigenvalue weighted by molar-refractivity contribution is 6.04. The molecule has 6 heteroatoms. The first-order chi connectivity index (χ1) is 17.3. The molecule has 0 saturated carbocycles. The Kier molecular flexibility index (Phi) is 7.82. The first kappa shape index (κ1) is 25.5. The summed E-state index contributed by atoms with van der Waals surface area (Å²) in [5.74, 6) is 0.358. The zero-order valence-corrected chi connectivity index (χ0v) is 21.7. The molecule has 1 heterocycles.